The van der Waals surface area contributed by atoms with Crippen molar-refractivity contribution in [1.29, 1.82) is 0 Å². The average molecular weight is 531 g/mol. The van der Waals surface area contributed by atoms with E-state index in [9.17, 15) is 12.8 Å². The van der Waals surface area contributed by atoms with Crippen LogP contribution in [0.2, 0.25) is 0 Å². The van der Waals surface area contributed by atoms with Gasteiger partial charge >= 0.3 is 0 Å². The molecule has 0 radical (unpaired) electrons. The summed E-state index contributed by atoms with van der Waals surface area (Å²) in [5.74, 6) is 0.336. The predicted molar refractivity (Wildman–Crippen MR) is 123 cm³/mol. The van der Waals surface area contributed by atoms with Crippen LogP contribution < -0.4 is 9.64 Å². The minimum Gasteiger partial charge on any atom is -0.496 e. The number of rotatable bonds is 6. The molecule has 1 heterocycles. The number of sulfone groups is 1. The molecule has 3 rings (SSSR count). The Bertz CT molecular complexity index is 978. The Morgan fingerprint density at radius 3 is 2.48 bits per heavy atom. The molecule has 0 spiro atoms. The Labute approximate surface area is 186 Å². The summed E-state index contributed by atoms with van der Waals surface area (Å²) in [4.78, 5) is 2.33. The van der Waals surface area contributed by atoms with Crippen LogP contribution in [0.5, 0.6) is 5.75 Å². The van der Waals surface area contributed by atoms with Crippen molar-refractivity contribution in [1.82, 2.24) is 0 Å². The first-order valence-electron chi connectivity index (χ1n) is 9.88. The number of hydrogen-bond acceptors (Lipinski definition) is 4. The molecule has 0 saturated heterocycles. The largest absolute Gasteiger partial charge is 0.496 e. The first kappa shape index (κ1) is 22.3. The Hall–Kier alpha value is -1.35. The number of nitrogens with zero attached hydrogens (tertiary/aromatic N) is 1. The number of anilines is 2. The van der Waals surface area contributed by atoms with Gasteiger partial charge in [0.05, 0.1) is 27.0 Å². The fraction of sp³-hybridized carbons (Fsp3) is 0.455. The summed E-state index contributed by atoms with van der Waals surface area (Å²) in [6.45, 7) is 4.76. The third-order valence-corrected chi connectivity index (χ3v) is 8.63. The molecular formula is C22H27FINO3S. The van der Waals surface area contributed by atoms with E-state index in [0.29, 0.717) is 18.0 Å². The van der Waals surface area contributed by atoms with Crippen molar-refractivity contribution in [3.05, 3.63) is 45.8 Å². The third-order valence-electron chi connectivity index (χ3n) is 5.80. The van der Waals surface area contributed by atoms with Gasteiger partial charge in [0, 0.05) is 23.7 Å². The van der Waals surface area contributed by atoms with Crippen LogP contribution >= 0.6 is 22.6 Å². The Balaban J connectivity index is 2.25. The highest BCUT2D eigenvalue weighted by molar-refractivity contribution is 14.1. The molecule has 2 aromatic rings. The molecular weight excluding hydrogens is 504 g/mol. The summed E-state index contributed by atoms with van der Waals surface area (Å²) >= 11 is 2.16. The first-order chi connectivity index (χ1) is 13.7. The second kappa shape index (κ2) is 8.79. The van der Waals surface area contributed by atoms with Gasteiger partial charge in [0.1, 0.15) is 11.6 Å². The molecule has 4 nitrogen and oxygen atoms in total. The number of benzene rings is 2. The van der Waals surface area contributed by atoms with Crippen molar-refractivity contribution in [2.75, 3.05) is 24.3 Å². The number of methoxy groups -OCH3 is 1. The molecule has 0 aromatic heterocycles. The lowest BCUT2D eigenvalue weighted by atomic mass is 9.81. The minimum absolute atomic E-state index is 0.102. The van der Waals surface area contributed by atoms with Crippen LogP contribution in [0.15, 0.2) is 41.3 Å². The SMILES string of the molecule is CCCCC1(CC)CN(c2ccc(F)cc2)c2cc(I)c(OC)cc2S(=O)(=O)C1. The molecule has 1 aliphatic rings. The zero-order valence-electron chi connectivity index (χ0n) is 17.0. The molecule has 0 N–H and O–H groups in total. The maximum absolute atomic E-state index is 13.6. The summed E-state index contributed by atoms with van der Waals surface area (Å²) in [7, 11) is -1.98. The molecule has 1 unspecified atom stereocenters. The highest BCUT2D eigenvalue weighted by atomic mass is 127. The molecule has 0 amide bonds. The zero-order valence-corrected chi connectivity index (χ0v) is 20.0. The molecule has 0 saturated carbocycles. The lowest BCUT2D eigenvalue weighted by Gasteiger charge is -2.36. The van der Waals surface area contributed by atoms with Crippen LogP contribution in [-0.4, -0.2) is 27.8 Å². The van der Waals surface area contributed by atoms with Crippen molar-refractivity contribution in [2.24, 2.45) is 5.41 Å². The maximum Gasteiger partial charge on any atom is 0.181 e. The lowest BCUT2D eigenvalue weighted by Crippen LogP contribution is -2.37. The topological polar surface area (TPSA) is 46.6 Å². The normalized spacial score (nSPS) is 20.8. The summed E-state index contributed by atoms with van der Waals surface area (Å²) in [5.41, 5.74) is 1.05. The van der Waals surface area contributed by atoms with E-state index in [4.69, 9.17) is 4.74 Å². The molecule has 7 heteroatoms. The van der Waals surface area contributed by atoms with Gasteiger partial charge in [-0.2, -0.15) is 0 Å². The van der Waals surface area contributed by atoms with E-state index >= 15 is 0 Å². The smallest absolute Gasteiger partial charge is 0.181 e. The minimum atomic E-state index is -3.53. The van der Waals surface area contributed by atoms with Gasteiger partial charge in [0.25, 0.3) is 0 Å². The second-order valence-corrected chi connectivity index (χ2v) is 10.9. The number of hydrogen-bond donors (Lipinski definition) is 0. The van der Waals surface area contributed by atoms with Crippen molar-refractivity contribution in [2.45, 2.75) is 44.4 Å². The molecule has 0 bridgehead atoms. The Morgan fingerprint density at radius 2 is 1.90 bits per heavy atom. The van der Waals surface area contributed by atoms with E-state index < -0.39 is 9.84 Å². The fourth-order valence-electron chi connectivity index (χ4n) is 4.03. The maximum atomic E-state index is 13.6. The standard InChI is InChI=1S/C22H27FINO3S/c1-4-6-11-22(5-2)14-25(17-9-7-16(23)8-10-17)19-12-18(24)20(28-3)13-21(19)29(26,27)15-22/h7-10,12-13H,4-6,11,14-15H2,1-3H3. The molecule has 1 aliphatic heterocycles. The van der Waals surface area contributed by atoms with E-state index in [1.807, 2.05) is 11.0 Å². The van der Waals surface area contributed by atoms with Gasteiger partial charge in [0.15, 0.2) is 9.84 Å². The van der Waals surface area contributed by atoms with Gasteiger partial charge in [-0.15, -0.1) is 0 Å². The summed E-state index contributed by atoms with van der Waals surface area (Å²) < 4.78 is 46.8. The van der Waals surface area contributed by atoms with Gasteiger partial charge in [-0.25, -0.2) is 12.8 Å². The van der Waals surface area contributed by atoms with E-state index in [2.05, 4.69) is 36.4 Å². The summed E-state index contributed by atoms with van der Waals surface area (Å²) in [6.07, 6.45) is 3.57. The average Bonchev–Trinajstić information content (AvgIpc) is 2.79. The van der Waals surface area contributed by atoms with Crippen molar-refractivity contribution >= 4 is 43.8 Å². The molecule has 0 fully saturated rings. The van der Waals surface area contributed by atoms with E-state index in [1.54, 1.807) is 25.3 Å². The lowest BCUT2D eigenvalue weighted by molar-refractivity contribution is 0.290. The van der Waals surface area contributed by atoms with E-state index in [0.717, 1.165) is 34.9 Å². The summed E-state index contributed by atoms with van der Waals surface area (Å²) in [6, 6.07) is 9.77. The van der Waals surface area contributed by atoms with Crippen LogP contribution in [-0.2, 0) is 9.84 Å². The van der Waals surface area contributed by atoms with E-state index in [1.165, 1.54) is 12.1 Å². The van der Waals surface area contributed by atoms with Crippen molar-refractivity contribution in [3.63, 3.8) is 0 Å². The third kappa shape index (κ3) is 4.55. The van der Waals surface area contributed by atoms with Gasteiger partial charge < -0.3 is 9.64 Å². The second-order valence-electron chi connectivity index (χ2n) is 7.73. The summed E-state index contributed by atoms with van der Waals surface area (Å²) in [5, 5.41) is 0. The van der Waals surface area contributed by atoms with Crippen molar-refractivity contribution in [3.8, 4) is 5.75 Å². The molecule has 1 atom stereocenters. The quantitative estimate of drug-likeness (QED) is 0.433. The Kier molecular flexibility index (Phi) is 6.77. The van der Waals surface area contributed by atoms with Crippen LogP contribution in [0.25, 0.3) is 0 Å². The van der Waals surface area contributed by atoms with Gasteiger partial charge in [0.2, 0.25) is 0 Å². The van der Waals surface area contributed by atoms with Crippen molar-refractivity contribution < 1.29 is 17.5 Å². The fourth-order valence-corrected chi connectivity index (χ4v) is 6.88. The number of fused-ring (bicyclic) bond motifs is 1. The number of halogens is 2. The van der Waals surface area contributed by atoms with Crippen LogP contribution in [0, 0.1) is 14.8 Å². The number of ether oxygens (including phenoxy) is 1. The number of unbranched alkanes of at least 4 members (excludes halogenated alkanes) is 1. The monoisotopic (exact) mass is 531 g/mol. The van der Waals surface area contributed by atoms with Crippen LogP contribution in [0.4, 0.5) is 15.8 Å². The van der Waals surface area contributed by atoms with Gasteiger partial charge in [-0.05, 0) is 65.8 Å². The first-order valence-corrected chi connectivity index (χ1v) is 12.6. The molecule has 29 heavy (non-hydrogen) atoms. The van der Waals surface area contributed by atoms with Gasteiger partial charge in [-0.1, -0.05) is 26.7 Å². The molecule has 2 aromatic carbocycles. The predicted octanol–water partition coefficient (Wildman–Crippen LogP) is 5.95. The Morgan fingerprint density at radius 1 is 1.21 bits per heavy atom. The van der Waals surface area contributed by atoms with Gasteiger partial charge in [-0.3, -0.25) is 0 Å². The molecule has 158 valence electrons. The highest BCUT2D eigenvalue weighted by Gasteiger charge is 2.41. The van der Waals surface area contributed by atoms with E-state index in [-0.39, 0.29) is 21.9 Å². The zero-order chi connectivity index (χ0) is 21.2. The van der Waals surface area contributed by atoms with Crippen LogP contribution in [0.1, 0.15) is 39.5 Å². The van der Waals surface area contributed by atoms with Crippen LogP contribution in [0.3, 0.4) is 0 Å². The highest BCUT2D eigenvalue weighted by Crippen LogP contribution is 2.46. The molecule has 0 aliphatic carbocycles.